The smallest absolute Gasteiger partial charge is 0.341 e. The lowest BCUT2D eigenvalue weighted by Crippen LogP contribution is -2.16. The van der Waals surface area contributed by atoms with Gasteiger partial charge in [0, 0.05) is 23.9 Å². The zero-order chi connectivity index (χ0) is 26.2. The number of amides is 1. The van der Waals surface area contributed by atoms with Crippen LogP contribution in [0.5, 0.6) is 0 Å². The number of carbonyl (C=O) groups excluding carboxylic acids is 2. The number of nitrogens with zero attached hydrogens (tertiary/aromatic N) is 3. The molecule has 2 heterocycles. The molecule has 0 aliphatic rings. The van der Waals surface area contributed by atoms with Crippen molar-refractivity contribution >= 4 is 40.0 Å². The Morgan fingerprint density at radius 1 is 1.14 bits per heavy atom. The monoisotopic (exact) mass is 536 g/mol. The number of benzene rings is 2. The molecule has 10 heteroatoms. The Labute approximate surface area is 222 Å². The molecule has 0 fully saturated rings. The Hall–Kier alpha value is -3.76. The fourth-order valence-corrected chi connectivity index (χ4v) is 5.45. The largest absolute Gasteiger partial charge is 0.465 e. The number of hydrogen-bond donors (Lipinski definition) is 1. The highest BCUT2D eigenvalue weighted by atomic mass is 32.2. The predicted octanol–water partition coefficient (Wildman–Crippen LogP) is 5.63. The van der Waals surface area contributed by atoms with Crippen LogP contribution in [0.15, 0.2) is 77.8 Å². The lowest BCUT2D eigenvalue weighted by atomic mass is 10.0. The molecule has 0 saturated heterocycles. The second kappa shape index (κ2) is 12.5. The van der Waals surface area contributed by atoms with E-state index in [1.807, 2.05) is 22.8 Å². The molecular formula is C27H25FN4O3S2. The minimum Gasteiger partial charge on any atom is -0.465 e. The number of rotatable bonds is 11. The number of aryl methyl sites for hydroxylation is 2. The number of anilines is 1. The summed E-state index contributed by atoms with van der Waals surface area (Å²) in [5.74, 6) is -0.379. The molecule has 0 aliphatic heterocycles. The van der Waals surface area contributed by atoms with Gasteiger partial charge in [-0.2, -0.15) is 0 Å². The minimum absolute atomic E-state index is 0.0678. The first-order chi connectivity index (χ1) is 18.0. The average Bonchev–Trinajstić information content (AvgIpc) is 3.51. The van der Waals surface area contributed by atoms with Crippen molar-refractivity contribution in [1.82, 2.24) is 14.8 Å². The second-order valence-corrected chi connectivity index (χ2v) is 9.79. The summed E-state index contributed by atoms with van der Waals surface area (Å²) in [5.41, 5.74) is 2.65. The van der Waals surface area contributed by atoms with Crippen molar-refractivity contribution < 1.29 is 18.7 Å². The molecule has 0 spiro atoms. The molecule has 0 saturated carbocycles. The van der Waals surface area contributed by atoms with Gasteiger partial charge in [-0.3, -0.25) is 4.79 Å². The maximum Gasteiger partial charge on any atom is 0.341 e. The third kappa shape index (κ3) is 6.52. The highest BCUT2D eigenvalue weighted by Gasteiger charge is 2.23. The molecular weight excluding hydrogens is 511 g/mol. The van der Waals surface area contributed by atoms with Crippen LogP contribution >= 0.6 is 23.1 Å². The third-order valence-electron chi connectivity index (χ3n) is 5.51. The Kier molecular flexibility index (Phi) is 8.86. The van der Waals surface area contributed by atoms with E-state index in [4.69, 9.17) is 4.74 Å². The Morgan fingerprint density at radius 3 is 2.59 bits per heavy atom. The van der Waals surface area contributed by atoms with E-state index in [-0.39, 0.29) is 23.0 Å². The average molecular weight is 537 g/mol. The topological polar surface area (TPSA) is 86.1 Å². The van der Waals surface area contributed by atoms with Crippen molar-refractivity contribution in [3.05, 3.63) is 95.4 Å². The molecule has 190 valence electrons. The summed E-state index contributed by atoms with van der Waals surface area (Å²) in [7, 11) is 1.28. The van der Waals surface area contributed by atoms with Gasteiger partial charge in [-0.25, -0.2) is 9.18 Å². The van der Waals surface area contributed by atoms with Gasteiger partial charge in [-0.05, 0) is 29.7 Å². The fraction of sp³-hybridized carbons (Fsp3) is 0.185. The van der Waals surface area contributed by atoms with Gasteiger partial charge in [-0.1, -0.05) is 60.3 Å². The van der Waals surface area contributed by atoms with Crippen LogP contribution in [0.25, 0.3) is 11.1 Å². The van der Waals surface area contributed by atoms with Crippen LogP contribution in [0.2, 0.25) is 0 Å². The van der Waals surface area contributed by atoms with E-state index in [9.17, 15) is 14.0 Å². The normalized spacial score (nSPS) is 10.8. The molecule has 0 bridgehead atoms. The van der Waals surface area contributed by atoms with Gasteiger partial charge in [-0.15, -0.1) is 28.1 Å². The number of thiophene rings is 1. The van der Waals surface area contributed by atoms with E-state index in [1.165, 1.54) is 47.9 Å². The molecule has 7 nitrogen and oxygen atoms in total. The summed E-state index contributed by atoms with van der Waals surface area (Å²) in [4.78, 5) is 25.3. The number of esters is 1. The number of allylic oxidation sites excluding steroid dienone is 1. The molecule has 0 unspecified atom stereocenters. The molecule has 2 aromatic heterocycles. The summed E-state index contributed by atoms with van der Waals surface area (Å²) in [6.07, 6.45) is 3.30. The van der Waals surface area contributed by atoms with Gasteiger partial charge in [0.25, 0.3) is 0 Å². The molecule has 4 rings (SSSR count). The Balaban J connectivity index is 1.45. The van der Waals surface area contributed by atoms with Crippen molar-refractivity contribution in [3.8, 4) is 11.1 Å². The number of nitrogens with one attached hydrogen (secondary N) is 1. The first-order valence-electron chi connectivity index (χ1n) is 11.5. The van der Waals surface area contributed by atoms with Gasteiger partial charge in [0.15, 0.2) is 5.16 Å². The minimum atomic E-state index is -0.586. The van der Waals surface area contributed by atoms with Crippen molar-refractivity contribution in [2.24, 2.45) is 0 Å². The molecule has 0 aliphatic carbocycles. The molecule has 2 aromatic carbocycles. The number of carbonyl (C=O) groups is 2. The van der Waals surface area contributed by atoms with Crippen molar-refractivity contribution in [1.29, 1.82) is 0 Å². The highest BCUT2D eigenvalue weighted by molar-refractivity contribution is 7.99. The standard InChI is InChI=1S/C27H25FN4O3S2/c1-3-15-32-22(14-9-18-7-5-4-6-8-18)30-31-27(32)37-17-23(33)29-25-24(26(34)35-2)21(16-36-25)19-10-12-20(28)13-11-19/h3-8,10-13,16H,1,9,14-15,17H2,2H3,(H,29,33). The SMILES string of the molecule is C=CCn1c(CCc2ccccc2)nnc1SCC(=O)Nc1scc(-c2ccc(F)cc2)c1C(=O)OC. The Bertz CT molecular complexity index is 1380. The van der Waals surface area contributed by atoms with Crippen LogP contribution in [0, 0.1) is 5.82 Å². The van der Waals surface area contributed by atoms with Crippen LogP contribution in [-0.4, -0.2) is 39.5 Å². The lowest BCUT2D eigenvalue weighted by molar-refractivity contribution is -0.113. The van der Waals surface area contributed by atoms with E-state index >= 15 is 0 Å². The maximum atomic E-state index is 13.4. The summed E-state index contributed by atoms with van der Waals surface area (Å²) < 4.78 is 20.3. The van der Waals surface area contributed by atoms with E-state index in [1.54, 1.807) is 23.6 Å². The first kappa shape index (κ1) is 26.3. The maximum absolute atomic E-state index is 13.4. The number of ether oxygens (including phenoxy) is 1. The van der Waals surface area contributed by atoms with Crippen molar-refractivity contribution in [2.75, 3.05) is 18.2 Å². The van der Waals surface area contributed by atoms with Crippen LogP contribution in [0.1, 0.15) is 21.7 Å². The first-order valence-corrected chi connectivity index (χ1v) is 13.3. The number of methoxy groups -OCH3 is 1. The number of hydrogen-bond acceptors (Lipinski definition) is 7. The number of thioether (sulfide) groups is 1. The summed E-state index contributed by atoms with van der Waals surface area (Å²) >= 11 is 2.46. The summed E-state index contributed by atoms with van der Waals surface area (Å²) in [6, 6.07) is 15.9. The van der Waals surface area contributed by atoms with E-state index < -0.39 is 5.97 Å². The van der Waals surface area contributed by atoms with E-state index in [0.717, 1.165) is 12.2 Å². The zero-order valence-electron chi connectivity index (χ0n) is 20.1. The molecule has 37 heavy (non-hydrogen) atoms. The molecule has 0 radical (unpaired) electrons. The second-order valence-electron chi connectivity index (χ2n) is 7.97. The van der Waals surface area contributed by atoms with E-state index in [2.05, 4.69) is 34.2 Å². The van der Waals surface area contributed by atoms with Crippen molar-refractivity contribution in [3.63, 3.8) is 0 Å². The zero-order valence-corrected chi connectivity index (χ0v) is 21.8. The number of halogens is 1. The van der Waals surface area contributed by atoms with Crippen LogP contribution in [-0.2, 0) is 28.9 Å². The van der Waals surface area contributed by atoms with Gasteiger partial charge in [0.2, 0.25) is 5.91 Å². The molecule has 4 aromatic rings. The molecule has 0 atom stereocenters. The van der Waals surface area contributed by atoms with Crippen LogP contribution in [0.3, 0.4) is 0 Å². The summed E-state index contributed by atoms with van der Waals surface area (Å²) in [5, 5.41) is 14.1. The fourth-order valence-electron chi connectivity index (χ4n) is 3.71. The Morgan fingerprint density at radius 2 is 1.89 bits per heavy atom. The molecule has 1 amide bonds. The summed E-state index contributed by atoms with van der Waals surface area (Å²) in [6.45, 7) is 4.35. The van der Waals surface area contributed by atoms with Crippen LogP contribution in [0.4, 0.5) is 9.39 Å². The van der Waals surface area contributed by atoms with Gasteiger partial charge < -0.3 is 14.6 Å². The van der Waals surface area contributed by atoms with E-state index in [0.29, 0.717) is 34.2 Å². The highest BCUT2D eigenvalue weighted by Crippen LogP contribution is 2.36. The van der Waals surface area contributed by atoms with Gasteiger partial charge in [0.1, 0.15) is 22.2 Å². The van der Waals surface area contributed by atoms with Crippen molar-refractivity contribution in [2.45, 2.75) is 24.5 Å². The predicted molar refractivity (Wildman–Crippen MR) is 144 cm³/mol. The third-order valence-corrected chi connectivity index (χ3v) is 7.37. The van der Waals surface area contributed by atoms with Gasteiger partial charge in [0.05, 0.1) is 12.9 Å². The number of aromatic nitrogens is 3. The molecule has 1 N–H and O–H groups in total. The van der Waals surface area contributed by atoms with Gasteiger partial charge >= 0.3 is 5.97 Å². The quantitative estimate of drug-likeness (QED) is 0.152. The lowest BCUT2D eigenvalue weighted by Gasteiger charge is -2.09. The van der Waals surface area contributed by atoms with Crippen LogP contribution < -0.4 is 5.32 Å².